The van der Waals surface area contributed by atoms with Crippen LogP contribution in [-0.2, 0) is 16.6 Å². The maximum absolute atomic E-state index is 13.6. The van der Waals surface area contributed by atoms with Crippen molar-refractivity contribution in [1.29, 1.82) is 0 Å². The number of amides is 1. The van der Waals surface area contributed by atoms with Gasteiger partial charge in [-0.1, -0.05) is 24.3 Å². The summed E-state index contributed by atoms with van der Waals surface area (Å²) in [6, 6.07) is 17.0. The average Bonchev–Trinajstić information content (AvgIpc) is 3.31. The van der Waals surface area contributed by atoms with Crippen molar-refractivity contribution < 1.29 is 31.8 Å². The highest BCUT2D eigenvalue weighted by atomic mass is 32.2. The Balaban J connectivity index is 1.36. The van der Waals surface area contributed by atoms with Crippen LogP contribution >= 0.6 is 0 Å². The van der Waals surface area contributed by atoms with E-state index in [-0.39, 0.29) is 48.6 Å². The number of rotatable bonds is 9. The molecule has 1 N–H and O–H groups in total. The molecule has 1 heterocycles. The smallest absolute Gasteiger partial charge is 0.253 e. The van der Waals surface area contributed by atoms with Gasteiger partial charge in [0.15, 0.2) is 23.1 Å². The van der Waals surface area contributed by atoms with Crippen molar-refractivity contribution in [3.8, 4) is 17.2 Å². The van der Waals surface area contributed by atoms with Gasteiger partial charge in [-0.25, -0.2) is 17.5 Å². The molecule has 0 saturated carbocycles. The topological polar surface area (TPSA) is 94.2 Å². The Morgan fingerprint density at radius 1 is 1.06 bits per heavy atom. The second kappa shape index (κ2) is 10.1. The summed E-state index contributed by atoms with van der Waals surface area (Å²) < 4.78 is 57.7. The first-order valence-electron chi connectivity index (χ1n) is 10.4. The molecule has 0 unspecified atom stereocenters. The Bertz CT molecular complexity index is 1300. The molecule has 1 amide bonds. The lowest BCUT2D eigenvalue weighted by Gasteiger charge is -2.18. The largest absolute Gasteiger partial charge is 0.489 e. The highest BCUT2D eigenvalue weighted by molar-refractivity contribution is 7.89. The standard InChI is InChI=1S/C24H23FN2O6S/c1-27(11-12-31-21-8-3-2-7-20(21)25)24(28)18-5-4-6-19(14-18)34(29,30)26-15-17-9-10-22-23(13-17)33-16-32-22/h2-10,13-14,26H,11-12,15-16H2,1H3. The zero-order chi connectivity index (χ0) is 24.1. The monoisotopic (exact) mass is 486 g/mol. The fourth-order valence-corrected chi connectivity index (χ4v) is 4.35. The van der Waals surface area contributed by atoms with Crippen molar-refractivity contribution in [3.63, 3.8) is 0 Å². The van der Waals surface area contributed by atoms with E-state index < -0.39 is 15.8 Å². The van der Waals surface area contributed by atoms with Gasteiger partial charge in [-0.15, -0.1) is 0 Å². The second-order valence-electron chi connectivity index (χ2n) is 7.55. The van der Waals surface area contributed by atoms with Gasteiger partial charge >= 0.3 is 0 Å². The van der Waals surface area contributed by atoms with Gasteiger partial charge in [0.25, 0.3) is 5.91 Å². The molecule has 0 bridgehead atoms. The third-order valence-corrected chi connectivity index (χ3v) is 6.56. The molecule has 10 heteroatoms. The van der Waals surface area contributed by atoms with Gasteiger partial charge in [0.1, 0.15) is 6.61 Å². The molecular weight excluding hydrogens is 463 g/mol. The summed E-state index contributed by atoms with van der Waals surface area (Å²) in [5.41, 5.74) is 0.911. The Hall–Kier alpha value is -3.63. The molecule has 0 fully saturated rings. The predicted octanol–water partition coefficient (Wildman–Crippen LogP) is 3.18. The highest BCUT2D eigenvalue weighted by Gasteiger charge is 2.19. The van der Waals surface area contributed by atoms with Crippen LogP contribution in [0.1, 0.15) is 15.9 Å². The second-order valence-corrected chi connectivity index (χ2v) is 9.31. The molecule has 34 heavy (non-hydrogen) atoms. The van der Waals surface area contributed by atoms with E-state index in [4.69, 9.17) is 14.2 Å². The van der Waals surface area contributed by atoms with Crippen LogP contribution in [0.3, 0.4) is 0 Å². The number of nitrogens with one attached hydrogen (secondary N) is 1. The maximum Gasteiger partial charge on any atom is 0.253 e. The summed E-state index contributed by atoms with van der Waals surface area (Å²) in [6.07, 6.45) is 0. The summed E-state index contributed by atoms with van der Waals surface area (Å²) in [5.74, 6) is 0.408. The number of carbonyl (C=O) groups excluding carboxylic acids is 1. The lowest BCUT2D eigenvalue weighted by molar-refractivity contribution is 0.0772. The Morgan fingerprint density at radius 3 is 2.68 bits per heavy atom. The van der Waals surface area contributed by atoms with Crippen LogP contribution in [0.5, 0.6) is 17.2 Å². The molecule has 0 saturated heterocycles. The number of hydrogen-bond donors (Lipinski definition) is 1. The van der Waals surface area contributed by atoms with Gasteiger partial charge in [0, 0.05) is 19.2 Å². The molecule has 4 rings (SSSR count). The van der Waals surface area contributed by atoms with Crippen molar-refractivity contribution in [2.45, 2.75) is 11.4 Å². The SMILES string of the molecule is CN(CCOc1ccccc1F)C(=O)c1cccc(S(=O)(=O)NCc2ccc3c(c2)OCO3)c1. The Kier molecular flexibility index (Phi) is 6.99. The minimum atomic E-state index is -3.87. The summed E-state index contributed by atoms with van der Waals surface area (Å²) >= 11 is 0. The number of para-hydroxylation sites is 1. The number of fused-ring (bicyclic) bond motifs is 1. The van der Waals surface area contributed by atoms with Crippen molar-refractivity contribution in [3.05, 3.63) is 83.7 Å². The van der Waals surface area contributed by atoms with Crippen LogP contribution in [-0.4, -0.2) is 46.2 Å². The molecule has 178 valence electrons. The van der Waals surface area contributed by atoms with Gasteiger partial charge in [-0.05, 0) is 48.0 Å². The Labute approximate surface area is 196 Å². The molecular formula is C24H23FN2O6S. The van der Waals surface area contributed by atoms with E-state index >= 15 is 0 Å². The lowest BCUT2D eigenvalue weighted by Crippen LogP contribution is -2.31. The highest BCUT2D eigenvalue weighted by Crippen LogP contribution is 2.32. The fraction of sp³-hybridized carbons (Fsp3) is 0.208. The van der Waals surface area contributed by atoms with Crippen LogP contribution in [0.4, 0.5) is 4.39 Å². The molecule has 0 aromatic heterocycles. The molecule has 1 aliphatic rings. The first-order chi connectivity index (χ1) is 16.3. The molecule has 8 nitrogen and oxygen atoms in total. The van der Waals surface area contributed by atoms with Crippen LogP contribution in [0.2, 0.25) is 0 Å². The van der Waals surface area contributed by atoms with E-state index in [1.54, 1.807) is 37.4 Å². The number of halogens is 1. The van der Waals surface area contributed by atoms with E-state index in [1.165, 1.54) is 41.3 Å². The van der Waals surface area contributed by atoms with Crippen molar-refractivity contribution in [2.24, 2.45) is 0 Å². The molecule has 1 aliphatic heterocycles. The number of nitrogens with zero attached hydrogens (tertiary/aromatic N) is 1. The third kappa shape index (κ3) is 5.46. The van der Waals surface area contributed by atoms with Gasteiger partial charge in [0.05, 0.1) is 11.4 Å². The van der Waals surface area contributed by atoms with Crippen molar-refractivity contribution >= 4 is 15.9 Å². The molecule has 0 radical (unpaired) electrons. The minimum Gasteiger partial charge on any atom is -0.489 e. The van der Waals surface area contributed by atoms with Gasteiger partial charge in [0.2, 0.25) is 16.8 Å². The number of likely N-dealkylation sites (N-methyl/N-ethyl adjacent to an activating group) is 1. The third-order valence-electron chi connectivity index (χ3n) is 5.16. The number of benzene rings is 3. The predicted molar refractivity (Wildman–Crippen MR) is 122 cm³/mol. The molecule has 3 aromatic carbocycles. The average molecular weight is 487 g/mol. The molecule has 0 spiro atoms. The van der Waals surface area contributed by atoms with Crippen LogP contribution in [0.25, 0.3) is 0 Å². The summed E-state index contributed by atoms with van der Waals surface area (Å²) in [7, 11) is -2.31. The number of ether oxygens (including phenoxy) is 3. The van der Waals surface area contributed by atoms with Gasteiger partial charge < -0.3 is 19.1 Å². The number of hydrogen-bond acceptors (Lipinski definition) is 6. The van der Waals surface area contributed by atoms with E-state index in [1.807, 2.05) is 0 Å². The summed E-state index contributed by atoms with van der Waals surface area (Å²) in [5, 5.41) is 0. The quantitative estimate of drug-likeness (QED) is 0.499. The maximum atomic E-state index is 13.6. The molecule has 3 aromatic rings. The molecule has 0 aliphatic carbocycles. The van der Waals surface area contributed by atoms with Crippen LogP contribution < -0.4 is 18.9 Å². The lowest BCUT2D eigenvalue weighted by atomic mass is 10.2. The minimum absolute atomic E-state index is 0.0323. The first kappa shape index (κ1) is 23.5. The van der Waals surface area contributed by atoms with Gasteiger partial charge in [-0.2, -0.15) is 0 Å². The number of sulfonamides is 1. The van der Waals surface area contributed by atoms with E-state index in [2.05, 4.69) is 4.72 Å². The van der Waals surface area contributed by atoms with Crippen LogP contribution in [0, 0.1) is 5.82 Å². The van der Waals surface area contributed by atoms with Crippen LogP contribution in [0.15, 0.2) is 71.6 Å². The van der Waals surface area contributed by atoms with Crippen molar-refractivity contribution in [2.75, 3.05) is 27.0 Å². The first-order valence-corrected chi connectivity index (χ1v) is 11.9. The number of carbonyl (C=O) groups is 1. The fourth-order valence-electron chi connectivity index (χ4n) is 3.29. The normalized spacial score (nSPS) is 12.4. The zero-order valence-electron chi connectivity index (χ0n) is 18.4. The zero-order valence-corrected chi connectivity index (χ0v) is 19.2. The summed E-state index contributed by atoms with van der Waals surface area (Å²) in [6.45, 7) is 0.449. The summed E-state index contributed by atoms with van der Waals surface area (Å²) in [4.78, 5) is 14.1. The van der Waals surface area contributed by atoms with E-state index in [0.29, 0.717) is 17.1 Å². The molecule has 0 atom stereocenters. The van der Waals surface area contributed by atoms with E-state index in [0.717, 1.165) is 0 Å². The van der Waals surface area contributed by atoms with Gasteiger partial charge in [-0.3, -0.25) is 4.79 Å². The Morgan fingerprint density at radius 2 is 1.85 bits per heavy atom. The van der Waals surface area contributed by atoms with Crippen molar-refractivity contribution in [1.82, 2.24) is 9.62 Å². The van der Waals surface area contributed by atoms with E-state index in [9.17, 15) is 17.6 Å².